The summed E-state index contributed by atoms with van der Waals surface area (Å²) >= 11 is 1.05. The number of amides is 1. The fourth-order valence-corrected chi connectivity index (χ4v) is 1.93. The van der Waals surface area contributed by atoms with Crippen LogP contribution in [0.1, 0.15) is 40.5 Å². The molecule has 0 aromatic carbocycles. The number of rotatable bonds is 7. The minimum Gasteiger partial charge on any atom is -0.463 e. The topological polar surface area (TPSA) is 72.5 Å². The van der Waals surface area contributed by atoms with E-state index >= 15 is 0 Å². The van der Waals surface area contributed by atoms with Crippen molar-refractivity contribution in [2.45, 2.75) is 51.9 Å². The molecular weight excluding hydrogens is 254 g/mol. The van der Waals surface area contributed by atoms with Gasteiger partial charge in [0.25, 0.3) is 0 Å². The van der Waals surface area contributed by atoms with Crippen molar-refractivity contribution in [3.8, 4) is 0 Å². The maximum Gasteiger partial charge on any atom is 0.314 e. The van der Waals surface area contributed by atoms with E-state index in [1.54, 1.807) is 20.8 Å². The number of esters is 1. The van der Waals surface area contributed by atoms with Gasteiger partial charge in [-0.1, -0.05) is 25.6 Å². The molecule has 0 spiro atoms. The first-order chi connectivity index (χ1) is 8.35. The molecular formula is C12H21NO4S. The number of carbonyl (C=O) groups excluding carboxylic acids is 3. The summed E-state index contributed by atoms with van der Waals surface area (Å²) in [6.07, 6.45) is -0.0161. The maximum atomic E-state index is 11.5. The standard InChI is InChI=1S/C12H21NO4S/c1-5-10(14)13-7-9(4)18-12(16)6-11(15)17-8(2)3/h8-9H,5-7H2,1-4H3,(H,13,14). The van der Waals surface area contributed by atoms with Crippen LogP contribution in [-0.4, -0.2) is 34.9 Å². The number of hydrogen-bond donors (Lipinski definition) is 1. The van der Waals surface area contributed by atoms with E-state index in [-0.39, 0.29) is 28.8 Å². The number of hydrogen-bond acceptors (Lipinski definition) is 5. The summed E-state index contributed by atoms with van der Waals surface area (Å²) in [4.78, 5) is 33.8. The molecule has 0 radical (unpaired) electrons. The van der Waals surface area contributed by atoms with Crippen molar-refractivity contribution in [3.05, 3.63) is 0 Å². The quantitative estimate of drug-likeness (QED) is 0.563. The number of ether oxygens (including phenoxy) is 1. The lowest BCUT2D eigenvalue weighted by atomic mass is 10.4. The second-order valence-electron chi connectivity index (χ2n) is 4.17. The molecule has 0 aliphatic carbocycles. The van der Waals surface area contributed by atoms with Gasteiger partial charge in [-0.15, -0.1) is 0 Å². The summed E-state index contributed by atoms with van der Waals surface area (Å²) in [6, 6.07) is 0. The van der Waals surface area contributed by atoms with E-state index < -0.39 is 5.97 Å². The van der Waals surface area contributed by atoms with Gasteiger partial charge in [-0.25, -0.2) is 0 Å². The normalized spacial score (nSPS) is 12.1. The largest absolute Gasteiger partial charge is 0.463 e. The van der Waals surface area contributed by atoms with E-state index in [1.807, 2.05) is 6.92 Å². The molecule has 104 valence electrons. The van der Waals surface area contributed by atoms with Crippen molar-refractivity contribution in [1.29, 1.82) is 0 Å². The van der Waals surface area contributed by atoms with E-state index in [0.717, 1.165) is 11.8 Å². The fraction of sp³-hybridized carbons (Fsp3) is 0.750. The molecule has 0 saturated heterocycles. The smallest absolute Gasteiger partial charge is 0.314 e. The molecule has 18 heavy (non-hydrogen) atoms. The average molecular weight is 275 g/mol. The molecule has 0 aliphatic heterocycles. The SMILES string of the molecule is CCC(=O)NCC(C)SC(=O)CC(=O)OC(C)C. The minimum absolute atomic E-state index is 0.0471. The van der Waals surface area contributed by atoms with Crippen molar-refractivity contribution in [3.63, 3.8) is 0 Å². The Kier molecular flexibility index (Phi) is 8.45. The summed E-state index contributed by atoms with van der Waals surface area (Å²) in [5, 5.41) is 2.40. The lowest BCUT2D eigenvalue weighted by molar-refractivity contribution is -0.148. The van der Waals surface area contributed by atoms with Crippen LogP contribution in [-0.2, 0) is 19.1 Å². The summed E-state index contributed by atoms with van der Waals surface area (Å²) in [6.45, 7) is 7.48. The molecule has 6 heteroatoms. The van der Waals surface area contributed by atoms with Gasteiger partial charge in [0.1, 0.15) is 6.42 Å². The molecule has 0 bridgehead atoms. The van der Waals surface area contributed by atoms with Gasteiger partial charge in [-0.2, -0.15) is 0 Å². The molecule has 0 aromatic rings. The number of carbonyl (C=O) groups is 3. The van der Waals surface area contributed by atoms with Crippen LogP contribution < -0.4 is 5.32 Å². The Balaban J connectivity index is 3.86. The van der Waals surface area contributed by atoms with Gasteiger partial charge in [0, 0.05) is 18.2 Å². The second-order valence-corrected chi connectivity index (χ2v) is 5.67. The third-order valence-electron chi connectivity index (χ3n) is 1.90. The second kappa shape index (κ2) is 8.97. The lowest BCUT2D eigenvalue weighted by Gasteiger charge is -2.11. The molecule has 0 aliphatic rings. The molecule has 1 amide bonds. The minimum atomic E-state index is -0.507. The molecule has 0 fully saturated rings. The highest BCUT2D eigenvalue weighted by Gasteiger charge is 2.16. The molecule has 0 aromatic heterocycles. The predicted octanol–water partition coefficient (Wildman–Crippen LogP) is 1.50. The molecule has 0 rings (SSSR count). The van der Waals surface area contributed by atoms with Crippen molar-refractivity contribution in [2.75, 3.05) is 6.54 Å². The van der Waals surface area contributed by atoms with E-state index in [1.165, 1.54) is 0 Å². The Hall–Kier alpha value is -1.04. The van der Waals surface area contributed by atoms with Gasteiger partial charge in [0.05, 0.1) is 6.10 Å². The van der Waals surface area contributed by atoms with Gasteiger partial charge in [-0.05, 0) is 13.8 Å². The van der Waals surface area contributed by atoms with Crippen molar-refractivity contribution < 1.29 is 19.1 Å². The van der Waals surface area contributed by atoms with Gasteiger partial charge >= 0.3 is 5.97 Å². The summed E-state index contributed by atoms with van der Waals surface area (Å²) in [5.41, 5.74) is 0. The van der Waals surface area contributed by atoms with Crippen LogP contribution in [0.3, 0.4) is 0 Å². The van der Waals surface area contributed by atoms with Crippen LogP contribution in [0.4, 0.5) is 0 Å². The number of nitrogens with one attached hydrogen (secondary N) is 1. The van der Waals surface area contributed by atoms with E-state index in [0.29, 0.717) is 13.0 Å². The molecule has 1 atom stereocenters. The summed E-state index contributed by atoms with van der Waals surface area (Å²) < 4.78 is 4.88. The van der Waals surface area contributed by atoms with Crippen LogP contribution in [0.15, 0.2) is 0 Å². The Bertz CT molecular complexity index is 304. The van der Waals surface area contributed by atoms with Crippen LogP contribution in [0, 0.1) is 0 Å². The zero-order chi connectivity index (χ0) is 14.1. The third kappa shape index (κ3) is 9.04. The van der Waals surface area contributed by atoms with Crippen molar-refractivity contribution in [1.82, 2.24) is 5.32 Å². The molecule has 5 nitrogen and oxygen atoms in total. The zero-order valence-corrected chi connectivity index (χ0v) is 12.1. The first-order valence-corrected chi connectivity index (χ1v) is 6.88. The van der Waals surface area contributed by atoms with E-state index in [9.17, 15) is 14.4 Å². The van der Waals surface area contributed by atoms with Crippen LogP contribution in [0.5, 0.6) is 0 Å². The summed E-state index contributed by atoms with van der Waals surface area (Å²) in [7, 11) is 0. The molecule has 1 N–H and O–H groups in total. The van der Waals surface area contributed by atoms with Crippen molar-refractivity contribution >= 4 is 28.8 Å². The number of thioether (sulfide) groups is 1. The van der Waals surface area contributed by atoms with Crippen molar-refractivity contribution in [2.24, 2.45) is 0 Å². The molecule has 0 saturated carbocycles. The van der Waals surface area contributed by atoms with E-state index in [2.05, 4.69) is 5.32 Å². The van der Waals surface area contributed by atoms with Crippen LogP contribution in [0.25, 0.3) is 0 Å². The highest BCUT2D eigenvalue weighted by atomic mass is 32.2. The maximum absolute atomic E-state index is 11.5. The van der Waals surface area contributed by atoms with Gasteiger partial charge < -0.3 is 10.1 Å². The Labute approximate surface area is 112 Å². The molecule has 1 unspecified atom stereocenters. The van der Waals surface area contributed by atoms with Crippen LogP contribution in [0.2, 0.25) is 0 Å². The Morgan fingerprint density at radius 2 is 1.83 bits per heavy atom. The molecule has 0 heterocycles. The van der Waals surface area contributed by atoms with Crippen LogP contribution >= 0.6 is 11.8 Å². The third-order valence-corrected chi connectivity index (χ3v) is 2.87. The fourth-order valence-electron chi connectivity index (χ4n) is 1.11. The van der Waals surface area contributed by atoms with E-state index in [4.69, 9.17) is 4.74 Å². The van der Waals surface area contributed by atoms with Gasteiger partial charge in [-0.3, -0.25) is 14.4 Å². The average Bonchev–Trinajstić information content (AvgIpc) is 2.24. The first-order valence-electron chi connectivity index (χ1n) is 6.00. The summed E-state index contributed by atoms with van der Waals surface area (Å²) in [5.74, 6) is -0.554. The Morgan fingerprint density at radius 3 is 2.33 bits per heavy atom. The highest BCUT2D eigenvalue weighted by Crippen LogP contribution is 2.13. The first kappa shape index (κ1) is 17.0. The zero-order valence-electron chi connectivity index (χ0n) is 11.3. The van der Waals surface area contributed by atoms with Gasteiger partial charge in [0.15, 0.2) is 5.12 Å². The highest BCUT2D eigenvalue weighted by molar-refractivity contribution is 8.14. The lowest BCUT2D eigenvalue weighted by Crippen LogP contribution is -2.29. The van der Waals surface area contributed by atoms with Gasteiger partial charge in [0.2, 0.25) is 5.91 Å². The Morgan fingerprint density at radius 1 is 1.22 bits per heavy atom. The predicted molar refractivity (Wildman–Crippen MR) is 71.2 cm³/mol. The monoisotopic (exact) mass is 275 g/mol.